The van der Waals surface area contributed by atoms with Crippen LogP contribution in [0.15, 0.2) is 5.16 Å². The van der Waals surface area contributed by atoms with Crippen molar-refractivity contribution in [2.24, 2.45) is 0 Å². The molecule has 0 amide bonds. The maximum atomic E-state index is 10.6. The number of aryl methyl sites for hydroxylation is 1. The Labute approximate surface area is 110 Å². The highest BCUT2D eigenvalue weighted by atomic mass is 32.2. The fraction of sp³-hybridized carbons (Fsp3) is 0.727. The summed E-state index contributed by atoms with van der Waals surface area (Å²) in [6.07, 6.45) is 2.28. The first-order valence-corrected chi connectivity index (χ1v) is 6.96. The average Bonchev–Trinajstić information content (AvgIpc) is 2.94. The number of carboxylic acid groups (broad SMARTS) is 1. The van der Waals surface area contributed by atoms with Crippen molar-refractivity contribution in [3.63, 3.8) is 0 Å². The molecule has 0 aromatic carbocycles. The van der Waals surface area contributed by atoms with Gasteiger partial charge in [-0.2, -0.15) is 0 Å². The van der Waals surface area contributed by atoms with Crippen molar-refractivity contribution in [1.29, 1.82) is 0 Å². The minimum atomic E-state index is -0.850. The second kappa shape index (κ2) is 5.71. The van der Waals surface area contributed by atoms with Gasteiger partial charge in [-0.15, -0.1) is 10.2 Å². The van der Waals surface area contributed by atoms with E-state index in [2.05, 4.69) is 17.1 Å². The third-order valence-corrected chi connectivity index (χ3v) is 4.00. The molecule has 100 valence electrons. The van der Waals surface area contributed by atoms with Crippen molar-refractivity contribution >= 4 is 17.7 Å². The molecule has 1 aromatic rings. The van der Waals surface area contributed by atoms with Crippen LogP contribution in [0.25, 0.3) is 0 Å². The lowest BCUT2D eigenvalue weighted by molar-refractivity contribution is -0.133. The van der Waals surface area contributed by atoms with Crippen LogP contribution in [0, 0.1) is 6.92 Å². The van der Waals surface area contributed by atoms with E-state index in [-0.39, 0.29) is 17.9 Å². The number of rotatable bonds is 5. The van der Waals surface area contributed by atoms with Crippen LogP contribution in [-0.2, 0) is 9.53 Å². The highest BCUT2D eigenvalue weighted by Crippen LogP contribution is 2.28. The van der Waals surface area contributed by atoms with Crippen LogP contribution in [0.2, 0.25) is 0 Å². The van der Waals surface area contributed by atoms with Crippen molar-refractivity contribution in [3.8, 4) is 0 Å². The van der Waals surface area contributed by atoms with E-state index in [1.54, 1.807) is 0 Å². The highest BCUT2D eigenvalue weighted by molar-refractivity contribution is 7.99. The van der Waals surface area contributed by atoms with E-state index < -0.39 is 5.97 Å². The van der Waals surface area contributed by atoms with Crippen molar-refractivity contribution in [2.75, 3.05) is 12.4 Å². The van der Waals surface area contributed by atoms with E-state index in [9.17, 15) is 4.79 Å². The fourth-order valence-corrected chi connectivity index (χ4v) is 2.98. The van der Waals surface area contributed by atoms with Gasteiger partial charge in [-0.3, -0.25) is 4.79 Å². The van der Waals surface area contributed by atoms with E-state index in [4.69, 9.17) is 9.84 Å². The first-order valence-electron chi connectivity index (χ1n) is 5.97. The molecule has 1 N–H and O–H groups in total. The van der Waals surface area contributed by atoms with E-state index in [0.717, 1.165) is 25.3 Å². The Morgan fingerprint density at radius 2 is 2.44 bits per heavy atom. The van der Waals surface area contributed by atoms with Crippen LogP contribution in [0.1, 0.15) is 31.6 Å². The first kappa shape index (κ1) is 13.4. The standard InChI is InChI=1S/C11H17N3O3S/c1-7(9-4-3-5-17-9)14-8(2)12-13-11(14)18-6-10(15)16/h7,9H,3-6H2,1-2H3,(H,15,16). The molecular formula is C11H17N3O3S. The molecule has 2 heterocycles. The van der Waals surface area contributed by atoms with Crippen molar-refractivity contribution < 1.29 is 14.6 Å². The Morgan fingerprint density at radius 3 is 3.06 bits per heavy atom. The van der Waals surface area contributed by atoms with Crippen LogP contribution >= 0.6 is 11.8 Å². The molecule has 0 aliphatic carbocycles. The van der Waals surface area contributed by atoms with Gasteiger partial charge in [0.15, 0.2) is 5.16 Å². The predicted octanol–water partition coefficient (Wildman–Crippen LogP) is 1.50. The van der Waals surface area contributed by atoms with Gasteiger partial charge in [-0.25, -0.2) is 0 Å². The summed E-state index contributed by atoms with van der Waals surface area (Å²) in [5.74, 6) is -0.0565. The van der Waals surface area contributed by atoms with Gasteiger partial charge in [0.25, 0.3) is 0 Å². The zero-order valence-electron chi connectivity index (χ0n) is 10.5. The largest absolute Gasteiger partial charge is 0.481 e. The van der Waals surface area contributed by atoms with Gasteiger partial charge in [0.05, 0.1) is 17.9 Å². The minimum absolute atomic E-state index is 0.00359. The number of hydrogen-bond donors (Lipinski definition) is 1. The van der Waals surface area contributed by atoms with Gasteiger partial charge in [-0.1, -0.05) is 11.8 Å². The third kappa shape index (κ3) is 2.84. The quantitative estimate of drug-likeness (QED) is 0.818. The van der Waals surface area contributed by atoms with Gasteiger partial charge < -0.3 is 14.4 Å². The second-order valence-electron chi connectivity index (χ2n) is 4.37. The monoisotopic (exact) mass is 271 g/mol. The molecule has 6 nitrogen and oxygen atoms in total. The van der Waals surface area contributed by atoms with E-state index in [1.807, 2.05) is 11.5 Å². The SMILES string of the molecule is Cc1nnc(SCC(=O)O)n1C(C)C1CCCO1. The lowest BCUT2D eigenvalue weighted by atomic mass is 10.1. The van der Waals surface area contributed by atoms with Crippen LogP contribution in [0.5, 0.6) is 0 Å². The zero-order valence-corrected chi connectivity index (χ0v) is 11.3. The van der Waals surface area contributed by atoms with Crippen LogP contribution in [0.4, 0.5) is 0 Å². The molecule has 0 spiro atoms. The summed E-state index contributed by atoms with van der Waals surface area (Å²) in [5, 5.41) is 17.4. The summed E-state index contributed by atoms with van der Waals surface area (Å²) in [4.78, 5) is 10.6. The van der Waals surface area contributed by atoms with Gasteiger partial charge in [-0.05, 0) is 26.7 Å². The van der Waals surface area contributed by atoms with Gasteiger partial charge >= 0.3 is 5.97 Å². The van der Waals surface area contributed by atoms with Crippen molar-refractivity contribution in [2.45, 2.75) is 44.0 Å². The molecule has 1 aliphatic heterocycles. The summed E-state index contributed by atoms with van der Waals surface area (Å²) in [7, 11) is 0. The molecule has 0 radical (unpaired) electrons. The molecule has 0 saturated carbocycles. The smallest absolute Gasteiger partial charge is 0.313 e. The van der Waals surface area contributed by atoms with Gasteiger partial charge in [0, 0.05) is 6.61 Å². The predicted molar refractivity (Wildman–Crippen MR) is 66.8 cm³/mol. The summed E-state index contributed by atoms with van der Waals surface area (Å²) in [6.45, 7) is 4.74. The summed E-state index contributed by atoms with van der Waals surface area (Å²) >= 11 is 1.20. The van der Waals surface area contributed by atoms with Gasteiger partial charge in [0.1, 0.15) is 5.82 Å². The maximum Gasteiger partial charge on any atom is 0.313 e. The number of aromatic nitrogens is 3. The third-order valence-electron chi connectivity index (χ3n) is 3.07. The molecule has 7 heteroatoms. The zero-order chi connectivity index (χ0) is 13.1. The molecule has 2 atom stereocenters. The van der Waals surface area contributed by atoms with Crippen molar-refractivity contribution in [3.05, 3.63) is 5.82 Å². The summed E-state index contributed by atoms with van der Waals surface area (Å²) in [5.41, 5.74) is 0. The van der Waals surface area contributed by atoms with E-state index in [0.29, 0.717) is 5.16 Å². The number of aliphatic carboxylic acids is 1. The molecule has 0 bridgehead atoms. The van der Waals surface area contributed by atoms with Gasteiger partial charge in [0.2, 0.25) is 0 Å². The summed E-state index contributed by atoms with van der Waals surface area (Å²) in [6, 6.07) is 0.138. The Hall–Kier alpha value is -1.08. The van der Waals surface area contributed by atoms with Crippen LogP contribution in [0.3, 0.4) is 0 Å². The molecule has 2 rings (SSSR count). The molecule has 1 fully saturated rings. The molecule has 1 saturated heterocycles. The van der Waals surface area contributed by atoms with E-state index in [1.165, 1.54) is 11.8 Å². The second-order valence-corrected chi connectivity index (χ2v) is 5.32. The lowest BCUT2D eigenvalue weighted by Gasteiger charge is -2.22. The number of carbonyl (C=O) groups is 1. The Kier molecular flexibility index (Phi) is 4.23. The topological polar surface area (TPSA) is 77.2 Å². The lowest BCUT2D eigenvalue weighted by Crippen LogP contribution is -2.22. The molecule has 18 heavy (non-hydrogen) atoms. The number of thioether (sulfide) groups is 1. The Bertz CT molecular complexity index is 429. The average molecular weight is 271 g/mol. The number of ether oxygens (including phenoxy) is 1. The van der Waals surface area contributed by atoms with Crippen LogP contribution < -0.4 is 0 Å². The fourth-order valence-electron chi connectivity index (χ4n) is 2.19. The normalized spacial score (nSPS) is 21.1. The molecule has 1 aliphatic rings. The number of carboxylic acids is 1. The van der Waals surface area contributed by atoms with Crippen molar-refractivity contribution in [1.82, 2.24) is 14.8 Å². The molecular weight excluding hydrogens is 254 g/mol. The Morgan fingerprint density at radius 1 is 1.67 bits per heavy atom. The maximum absolute atomic E-state index is 10.6. The minimum Gasteiger partial charge on any atom is -0.481 e. The summed E-state index contributed by atoms with van der Waals surface area (Å²) < 4.78 is 7.65. The van der Waals surface area contributed by atoms with Crippen LogP contribution in [-0.4, -0.2) is 44.3 Å². The highest BCUT2D eigenvalue weighted by Gasteiger charge is 2.27. The number of hydrogen-bond acceptors (Lipinski definition) is 5. The molecule has 2 unspecified atom stereocenters. The first-order chi connectivity index (χ1) is 8.59. The Balaban J connectivity index is 2.14. The van der Waals surface area contributed by atoms with E-state index >= 15 is 0 Å². The number of nitrogens with zero attached hydrogens (tertiary/aromatic N) is 3. The molecule has 1 aromatic heterocycles.